The Morgan fingerprint density at radius 3 is 2.57 bits per heavy atom. The van der Waals surface area contributed by atoms with Crippen molar-refractivity contribution in [2.75, 3.05) is 20.6 Å². The number of aryl methyl sites for hydroxylation is 1. The SMILES string of the molecule is Cc1cc(C(Br)CN(C)C)ccc1Cl. The van der Waals surface area contributed by atoms with Gasteiger partial charge in [0.2, 0.25) is 0 Å². The van der Waals surface area contributed by atoms with Gasteiger partial charge in [-0.05, 0) is 38.2 Å². The van der Waals surface area contributed by atoms with Crippen molar-refractivity contribution in [3.05, 3.63) is 34.3 Å². The molecule has 1 nitrogen and oxygen atoms in total. The molecule has 0 aliphatic heterocycles. The van der Waals surface area contributed by atoms with E-state index in [-0.39, 0.29) is 0 Å². The molecule has 78 valence electrons. The van der Waals surface area contributed by atoms with Crippen molar-refractivity contribution < 1.29 is 0 Å². The van der Waals surface area contributed by atoms with Crippen molar-refractivity contribution in [3.8, 4) is 0 Å². The summed E-state index contributed by atoms with van der Waals surface area (Å²) in [4.78, 5) is 2.53. The highest BCUT2D eigenvalue weighted by Crippen LogP contribution is 2.26. The number of rotatable bonds is 3. The fraction of sp³-hybridized carbons (Fsp3) is 0.455. The van der Waals surface area contributed by atoms with Crippen molar-refractivity contribution in [2.24, 2.45) is 0 Å². The molecule has 1 rings (SSSR count). The minimum atomic E-state index is 0.369. The van der Waals surface area contributed by atoms with Gasteiger partial charge in [-0.1, -0.05) is 39.7 Å². The molecule has 0 aromatic heterocycles. The third-order valence-corrected chi connectivity index (χ3v) is 3.31. The van der Waals surface area contributed by atoms with Crippen molar-refractivity contribution in [2.45, 2.75) is 11.8 Å². The van der Waals surface area contributed by atoms with Gasteiger partial charge >= 0.3 is 0 Å². The van der Waals surface area contributed by atoms with Crippen LogP contribution in [-0.2, 0) is 0 Å². The highest BCUT2D eigenvalue weighted by molar-refractivity contribution is 9.09. The molecule has 3 heteroatoms. The van der Waals surface area contributed by atoms with Gasteiger partial charge in [-0.3, -0.25) is 0 Å². The van der Waals surface area contributed by atoms with E-state index in [1.807, 2.05) is 13.0 Å². The molecule has 14 heavy (non-hydrogen) atoms. The molecule has 0 heterocycles. The highest BCUT2D eigenvalue weighted by Gasteiger charge is 2.09. The topological polar surface area (TPSA) is 3.24 Å². The van der Waals surface area contributed by atoms with Gasteiger partial charge in [-0.15, -0.1) is 0 Å². The number of halogens is 2. The third kappa shape index (κ3) is 3.26. The molecule has 0 aliphatic rings. The first kappa shape index (κ1) is 12.0. The predicted octanol–water partition coefficient (Wildman–Crippen LogP) is 3.65. The summed E-state index contributed by atoms with van der Waals surface area (Å²) >= 11 is 9.63. The smallest absolute Gasteiger partial charge is 0.0522 e. The summed E-state index contributed by atoms with van der Waals surface area (Å²) in [5.41, 5.74) is 2.41. The van der Waals surface area contributed by atoms with Crippen LogP contribution in [0.3, 0.4) is 0 Å². The lowest BCUT2D eigenvalue weighted by Crippen LogP contribution is -2.17. The molecular formula is C11H15BrClN. The van der Waals surface area contributed by atoms with Crippen LogP contribution in [0.1, 0.15) is 16.0 Å². The number of hydrogen-bond acceptors (Lipinski definition) is 1. The molecule has 1 aromatic rings. The van der Waals surface area contributed by atoms with E-state index in [0.29, 0.717) is 4.83 Å². The van der Waals surface area contributed by atoms with Crippen LogP contribution in [0.25, 0.3) is 0 Å². The molecule has 0 spiro atoms. The number of hydrogen-bond donors (Lipinski definition) is 0. The zero-order chi connectivity index (χ0) is 10.7. The minimum absolute atomic E-state index is 0.369. The Bertz CT molecular complexity index is 312. The number of alkyl halides is 1. The van der Waals surface area contributed by atoms with Crippen molar-refractivity contribution in [3.63, 3.8) is 0 Å². The Morgan fingerprint density at radius 2 is 2.07 bits per heavy atom. The largest absolute Gasteiger partial charge is 0.308 e. The van der Waals surface area contributed by atoms with Crippen molar-refractivity contribution in [1.29, 1.82) is 0 Å². The van der Waals surface area contributed by atoms with Gasteiger partial charge in [0.05, 0.1) is 4.83 Å². The molecular weight excluding hydrogens is 261 g/mol. The van der Waals surface area contributed by atoms with Crippen LogP contribution < -0.4 is 0 Å². The molecule has 0 bridgehead atoms. The summed E-state index contributed by atoms with van der Waals surface area (Å²) in [6, 6.07) is 6.15. The lowest BCUT2D eigenvalue weighted by molar-refractivity contribution is 0.412. The van der Waals surface area contributed by atoms with Crippen LogP contribution >= 0.6 is 27.5 Å². The van der Waals surface area contributed by atoms with Gasteiger partial charge < -0.3 is 4.90 Å². The van der Waals surface area contributed by atoms with Crippen LogP contribution in [0.5, 0.6) is 0 Å². The van der Waals surface area contributed by atoms with Crippen molar-refractivity contribution in [1.82, 2.24) is 4.90 Å². The normalized spacial score (nSPS) is 13.3. The van der Waals surface area contributed by atoms with E-state index in [2.05, 4.69) is 47.1 Å². The van der Waals surface area contributed by atoms with Gasteiger partial charge in [-0.2, -0.15) is 0 Å². The second kappa shape index (κ2) is 5.15. The fourth-order valence-electron chi connectivity index (χ4n) is 1.29. The quantitative estimate of drug-likeness (QED) is 0.762. The van der Waals surface area contributed by atoms with E-state index in [9.17, 15) is 0 Å². The zero-order valence-corrected chi connectivity index (χ0v) is 11.1. The Morgan fingerprint density at radius 1 is 1.43 bits per heavy atom. The second-order valence-corrected chi connectivity index (χ2v) is 5.25. The maximum atomic E-state index is 5.97. The molecule has 0 saturated heterocycles. The summed E-state index contributed by atoms with van der Waals surface area (Å²) in [5, 5.41) is 0.832. The van der Waals surface area contributed by atoms with Gasteiger partial charge in [0.1, 0.15) is 0 Å². The molecule has 0 aliphatic carbocycles. The van der Waals surface area contributed by atoms with Crippen LogP contribution in [0.15, 0.2) is 18.2 Å². The Balaban J connectivity index is 2.80. The zero-order valence-electron chi connectivity index (χ0n) is 8.72. The lowest BCUT2D eigenvalue weighted by Gasteiger charge is -2.16. The van der Waals surface area contributed by atoms with Gasteiger partial charge in [-0.25, -0.2) is 0 Å². The second-order valence-electron chi connectivity index (χ2n) is 3.74. The lowest BCUT2D eigenvalue weighted by atomic mass is 10.1. The standard InChI is InChI=1S/C11H15BrClN/c1-8-6-9(4-5-11(8)13)10(12)7-14(2)3/h4-6,10H,7H2,1-3H3. The van der Waals surface area contributed by atoms with E-state index in [4.69, 9.17) is 11.6 Å². The fourth-order valence-corrected chi connectivity index (χ4v) is 2.27. The van der Waals surface area contributed by atoms with Crippen LogP contribution in [0, 0.1) is 6.92 Å². The first-order valence-electron chi connectivity index (χ1n) is 4.55. The molecule has 1 atom stereocenters. The van der Waals surface area contributed by atoms with Gasteiger partial charge in [0.15, 0.2) is 0 Å². The van der Waals surface area contributed by atoms with Crippen LogP contribution in [-0.4, -0.2) is 25.5 Å². The van der Waals surface area contributed by atoms with E-state index in [1.165, 1.54) is 5.56 Å². The molecule has 0 radical (unpaired) electrons. The molecule has 0 fully saturated rings. The summed E-state index contributed by atoms with van der Waals surface area (Å²) in [6.07, 6.45) is 0. The van der Waals surface area contributed by atoms with Crippen molar-refractivity contribution >= 4 is 27.5 Å². The molecule has 0 saturated carbocycles. The average molecular weight is 277 g/mol. The average Bonchev–Trinajstić information content (AvgIpc) is 2.08. The van der Waals surface area contributed by atoms with Crippen LogP contribution in [0.2, 0.25) is 5.02 Å². The monoisotopic (exact) mass is 275 g/mol. The van der Waals surface area contributed by atoms with Gasteiger partial charge in [0, 0.05) is 11.6 Å². The molecule has 1 aromatic carbocycles. The summed E-state index contributed by atoms with van der Waals surface area (Å²) in [6.45, 7) is 3.02. The minimum Gasteiger partial charge on any atom is -0.308 e. The Hall–Kier alpha value is -0.0500. The first-order valence-corrected chi connectivity index (χ1v) is 5.85. The summed E-state index contributed by atoms with van der Waals surface area (Å²) in [5.74, 6) is 0. The summed E-state index contributed by atoms with van der Waals surface area (Å²) in [7, 11) is 4.13. The van der Waals surface area contributed by atoms with Gasteiger partial charge in [0.25, 0.3) is 0 Å². The number of benzene rings is 1. The van der Waals surface area contributed by atoms with E-state index < -0.39 is 0 Å². The number of likely N-dealkylation sites (N-methyl/N-ethyl adjacent to an activating group) is 1. The van der Waals surface area contributed by atoms with E-state index in [0.717, 1.165) is 17.1 Å². The maximum absolute atomic E-state index is 5.97. The summed E-state index contributed by atoms with van der Waals surface area (Å²) < 4.78 is 0. The van der Waals surface area contributed by atoms with E-state index in [1.54, 1.807) is 0 Å². The Labute approximate surface area is 99.2 Å². The molecule has 0 N–H and O–H groups in total. The third-order valence-electron chi connectivity index (χ3n) is 2.07. The molecule has 1 unspecified atom stereocenters. The molecule has 0 amide bonds. The highest BCUT2D eigenvalue weighted by atomic mass is 79.9. The number of nitrogens with zero attached hydrogens (tertiary/aromatic N) is 1. The van der Waals surface area contributed by atoms with Crippen LogP contribution in [0.4, 0.5) is 0 Å². The maximum Gasteiger partial charge on any atom is 0.0522 e. The Kier molecular flexibility index (Phi) is 4.42. The predicted molar refractivity (Wildman–Crippen MR) is 66.4 cm³/mol. The first-order chi connectivity index (χ1) is 6.50. The van der Waals surface area contributed by atoms with E-state index >= 15 is 0 Å².